The Morgan fingerprint density at radius 2 is 2.21 bits per heavy atom. The minimum atomic E-state index is -2.15. The molecule has 0 saturated carbocycles. The minimum absolute atomic E-state index is 0. The molecule has 0 bridgehead atoms. The molecule has 1 unspecified atom stereocenters. The second kappa shape index (κ2) is 7.56. The fourth-order valence-corrected chi connectivity index (χ4v) is 1.40. The second-order valence-electron chi connectivity index (χ2n) is 2.52. The van der Waals surface area contributed by atoms with Crippen molar-refractivity contribution in [3.8, 4) is 0 Å². The molecule has 1 aromatic rings. The smallest absolute Gasteiger partial charge is 0.768 e. The van der Waals surface area contributed by atoms with E-state index in [2.05, 4.69) is 0 Å². The predicted octanol–water partition coefficient (Wildman–Crippen LogP) is -1.53. The van der Waals surface area contributed by atoms with E-state index in [4.69, 9.17) is 4.74 Å². The average molecular weight is 222 g/mol. The number of ether oxygens (including phenoxy) is 1. The predicted molar refractivity (Wildman–Crippen MR) is 49.0 cm³/mol. The maximum atomic E-state index is 10.6. The monoisotopic (exact) mass is 222 g/mol. The Hall–Kier alpha value is 0.290. The Morgan fingerprint density at radius 1 is 1.50 bits per heavy atom. The van der Waals surface area contributed by atoms with Gasteiger partial charge in [0.2, 0.25) is 0 Å². The van der Waals surface area contributed by atoms with E-state index < -0.39 is 11.1 Å². The quantitative estimate of drug-likeness (QED) is 0.458. The van der Waals surface area contributed by atoms with Gasteiger partial charge in [0.05, 0.1) is 6.61 Å². The van der Waals surface area contributed by atoms with E-state index in [9.17, 15) is 8.76 Å². The molecule has 0 aliphatic carbocycles. The van der Waals surface area contributed by atoms with Gasteiger partial charge in [-0.05, 0) is 35.7 Å². The van der Waals surface area contributed by atoms with Crippen molar-refractivity contribution in [1.29, 1.82) is 0 Å². The zero-order chi connectivity index (χ0) is 9.68. The molecule has 14 heavy (non-hydrogen) atoms. The SMILES string of the molecule is CCOCc1cccc(S(=O)[O-])c1.[Na+]. The van der Waals surface area contributed by atoms with Gasteiger partial charge in [0.1, 0.15) is 0 Å². The molecule has 0 N–H and O–H groups in total. The van der Waals surface area contributed by atoms with Crippen LogP contribution in [0.25, 0.3) is 0 Å². The number of rotatable bonds is 4. The average Bonchev–Trinajstić information content (AvgIpc) is 2.15. The summed E-state index contributed by atoms with van der Waals surface area (Å²) in [5.41, 5.74) is 0.878. The van der Waals surface area contributed by atoms with Crippen molar-refractivity contribution in [3.63, 3.8) is 0 Å². The number of hydrogen-bond acceptors (Lipinski definition) is 3. The van der Waals surface area contributed by atoms with E-state index in [0.29, 0.717) is 18.1 Å². The summed E-state index contributed by atoms with van der Waals surface area (Å²) in [5.74, 6) is 0. The van der Waals surface area contributed by atoms with Crippen molar-refractivity contribution in [2.75, 3.05) is 6.61 Å². The Balaban J connectivity index is 0.00000169. The molecule has 5 heteroatoms. The summed E-state index contributed by atoms with van der Waals surface area (Å²) in [6.07, 6.45) is 0. The Kier molecular flexibility index (Phi) is 7.72. The third kappa shape index (κ3) is 4.68. The van der Waals surface area contributed by atoms with Gasteiger partial charge in [0.15, 0.2) is 0 Å². The molecule has 0 amide bonds. The molecular weight excluding hydrogens is 211 g/mol. The van der Waals surface area contributed by atoms with Crippen LogP contribution in [0, 0.1) is 0 Å². The summed E-state index contributed by atoms with van der Waals surface area (Å²) in [7, 11) is 0. The van der Waals surface area contributed by atoms with E-state index in [0.717, 1.165) is 5.56 Å². The zero-order valence-electron chi connectivity index (χ0n) is 8.36. The molecule has 0 saturated heterocycles. The molecular formula is C9H11NaO3S. The van der Waals surface area contributed by atoms with Crippen LogP contribution in [-0.4, -0.2) is 15.4 Å². The van der Waals surface area contributed by atoms with Crippen LogP contribution in [0.4, 0.5) is 0 Å². The molecule has 0 heterocycles. The van der Waals surface area contributed by atoms with Crippen molar-refractivity contribution in [2.24, 2.45) is 0 Å². The third-order valence-corrected chi connectivity index (χ3v) is 2.20. The van der Waals surface area contributed by atoms with Crippen molar-refractivity contribution in [2.45, 2.75) is 18.4 Å². The van der Waals surface area contributed by atoms with Gasteiger partial charge >= 0.3 is 29.6 Å². The molecule has 0 aliphatic heterocycles. The van der Waals surface area contributed by atoms with E-state index in [1.54, 1.807) is 18.2 Å². The van der Waals surface area contributed by atoms with Gasteiger partial charge in [-0.3, -0.25) is 4.21 Å². The summed E-state index contributed by atoms with van der Waals surface area (Å²) in [6, 6.07) is 6.71. The summed E-state index contributed by atoms with van der Waals surface area (Å²) in [4.78, 5) is 0.303. The maximum absolute atomic E-state index is 10.6. The van der Waals surface area contributed by atoms with E-state index >= 15 is 0 Å². The molecule has 0 aliphatic rings. The van der Waals surface area contributed by atoms with Crippen LogP contribution in [0.5, 0.6) is 0 Å². The van der Waals surface area contributed by atoms with Gasteiger partial charge in [-0.25, -0.2) is 0 Å². The fraction of sp³-hybridized carbons (Fsp3) is 0.333. The van der Waals surface area contributed by atoms with E-state index in [1.807, 2.05) is 13.0 Å². The molecule has 1 atom stereocenters. The third-order valence-electron chi connectivity index (χ3n) is 1.56. The number of benzene rings is 1. The molecule has 0 aromatic heterocycles. The van der Waals surface area contributed by atoms with Crippen molar-refractivity contribution in [3.05, 3.63) is 29.8 Å². The first-order chi connectivity index (χ1) is 6.24. The van der Waals surface area contributed by atoms with Crippen molar-refractivity contribution < 1.29 is 43.1 Å². The van der Waals surface area contributed by atoms with E-state index in [1.165, 1.54) is 0 Å². The van der Waals surface area contributed by atoms with Crippen LogP contribution in [0.15, 0.2) is 29.2 Å². The van der Waals surface area contributed by atoms with E-state index in [-0.39, 0.29) is 29.6 Å². The molecule has 0 fully saturated rings. The van der Waals surface area contributed by atoms with Gasteiger partial charge in [-0.2, -0.15) is 0 Å². The molecule has 1 aromatic carbocycles. The van der Waals surface area contributed by atoms with Gasteiger partial charge < -0.3 is 9.29 Å². The summed E-state index contributed by atoms with van der Waals surface area (Å²) in [5, 5.41) is 0. The molecule has 1 rings (SSSR count). The van der Waals surface area contributed by atoms with Gasteiger partial charge in [-0.15, -0.1) is 0 Å². The van der Waals surface area contributed by atoms with Crippen LogP contribution >= 0.6 is 0 Å². The first kappa shape index (κ1) is 14.3. The largest absolute Gasteiger partial charge is 1.00 e. The topological polar surface area (TPSA) is 49.4 Å². The Morgan fingerprint density at radius 3 is 2.79 bits per heavy atom. The van der Waals surface area contributed by atoms with Crippen LogP contribution < -0.4 is 29.6 Å². The van der Waals surface area contributed by atoms with Gasteiger partial charge in [0, 0.05) is 11.5 Å². The molecule has 0 radical (unpaired) electrons. The Bertz CT molecular complexity index is 304. The number of hydrogen-bond donors (Lipinski definition) is 0. The standard InChI is InChI=1S/C9H12O3S.Na/c1-2-12-7-8-4-3-5-9(6-8)13(10)11;/h3-6H,2,7H2,1H3,(H,10,11);/q;+1/p-1. The van der Waals surface area contributed by atoms with Crippen LogP contribution in [0.2, 0.25) is 0 Å². The first-order valence-corrected chi connectivity index (χ1v) is 5.07. The van der Waals surface area contributed by atoms with Crippen molar-refractivity contribution >= 4 is 11.1 Å². The first-order valence-electron chi connectivity index (χ1n) is 4.00. The van der Waals surface area contributed by atoms with Crippen molar-refractivity contribution in [1.82, 2.24) is 0 Å². The van der Waals surface area contributed by atoms with Crippen LogP contribution in [0.3, 0.4) is 0 Å². The summed E-state index contributed by atoms with van der Waals surface area (Å²) < 4.78 is 26.3. The summed E-state index contributed by atoms with van der Waals surface area (Å²) in [6.45, 7) is 2.99. The zero-order valence-corrected chi connectivity index (χ0v) is 11.2. The fourth-order valence-electron chi connectivity index (χ4n) is 0.959. The van der Waals surface area contributed by atoms with Crippen LogP contribution in [0.1, 0.15) is 12.5 Å². The molecule has 72 valence electrons. The second-order valence-corrected chi connectivity index (χ2v) is 3.46. The van der Waals surface area contributed by atoms with Crippen LogP contribution in [-0.2, 0) is 22.4 Å². The molecule has 0 spiro atoms. The van der Waals surface area contributed by atoms with Gasteiger partial charge in [0.25, 0.3) is 0 Å². The minimum Gasteiger partial charge on any atom is -0.768 e. The normalized spacial score (nSPS) is 11.9. The van der Waals surface area contributed by atoms with Gasteiger partial charge in [-0.1, -0.05) is 12.1 Å². The Labute approximate surface area is 108 Å². The maximum Gasteiger partial charge on any atom is 1.00 e. The molecule has 3 nitrogen and oxygen atoms in total. The summed E-state index contributed by atoms with van der Waals surface area (Å²) >= 11 is -2.15.